The number of hydrogen-bond donors (Lipinski definition) is 0. The smallest absolute Gasteiger partial charge is 0.340 e. The van der Waals surface area contributed by atoms with Crippen LogP contribution in [0.4, 0.5) is 17.6 Å². The van der Waals surface area contributed by atoms with Crippen LogP contribution in [0.15, 0.2) is 42.5 Å². The van der Waals surface area contributed by atoms with E-state index in [1.807, 2.05) is 12.1 Å². The first-order chi connectivity index (χ1) is 9.84. The molecule has 1 heterocycles. The quantitative estimate of drug-likeness (QED) is 0.686. The van der Waals surface area contributed by atoms with Crippen LogP contribution in [-0.2, 0) is 4.74 Å². The average Bonchev–Trinajstić information content (AvgIpc) is 2.45. The summed E-state index contributed by atoms with van der Waals surface area (Å²) in [5.74, 6) is -9.82. The predicted molar refractivity (Wildman–Crippen MR) is 71.7 cm³/mol. The minimum atomic E-state index is -4.23. The van der Waals surface area contributed by atoms with Crippen molar-refractivity contribution in [3.63, 3.8) is 0 Å². The molecule has 0 N–H and O–H groups in total. The predicted octanol–water partition coefficient (Wildman–Crippen LogP) is 4.82. The van der Waals surface area contributed by atoms with Gasteiger partial charge in [0.25, 0.3) is 0 Å². The summed E-state index contributed by atoms with van der Waals surface area (Å²) in [5, 5.41) is 1.58. The van der Waals surface area contributed by atoms with E-state index >= 15 is 0 Å². The van der Waals surface area contributed by atoms with Gasteiger partial charge in [-0.25, -0.2) is 0 Å². The fourth-order valence-corrected chi connectivity index (χ4v) is 2.63. The monoisotopic (exact) mass is 298 g/mol. The van der Waals surface area contributed by atoms with Crippen molar-refractivity contribution in [1.29, 1.82) is 0 Å². The van der Waals surface area contributed by atoms with Crippen LogP contribution in [0, 0.1) is 5.92 Å². The van der Waals surface area contributed by atoms with Crippen LogP contribution in [0.2, 0.25) is 0 Å². The molecule has 112 valence electrons. The van der Waals surface area contributed by atoms with Crippen molar-refractivity contribution in [3.05, 3.63) is 48.0 Å². The highest BCUT2D eigenvalue weighted by molar-refractivity contribution is 5.83. The molecule has 1 fully saturated rings. The van der Waals surface area contributed by atoms with E-state index in [0.29, 0.717) is 0 Å². The molecular formula is C16H14F4O. The third kappa shape index (κ3) is 2.11. The zero-order valence-electron chi connectivity index (χ0n) is 11.3. The molecule has 2 aromatic rings. The summed E-state index contributed by atoms with van der Waals surface area (Å²) in [4.78, 5) is 0. The first-order valence-electron chi connectivity index (χ1n) is 6.70. The van der Waals surface area contributed by atoms with Crippen LogP contribution >= 0.6 is 0 Å². The third-order valence-electron chi connectivity index (χ3n) is 3.98. The van der Waals surface area contributed by atoms with Crippen molar-refractivity contribution in [2.24, 2.45) is 5.92 Å². The number of benzene rings is 2. The van der Waals surface area contributed by atoms with E-state index in [1.54, 1.807) is 18.2 Å². The van der Waals surface area contributed by atoms with E-state index in [2.05, 4.69) is 0 Å². The zero-order valence-corrected chi connectivity index (χ0v) is 11.3. The van der Waals surface area contributed by atoms with Crippen molar-refractivity contribution in [2.45, 2.75) is 24.9 Å². The molecule has 0 aliphatic carbocycles. The minimum Gasteiger partial charge on any atom is -0.366 e. The molecule has 0 aromatic heterocycles. The van der Waals surface area contributed by atoms with Gasteiger partial charge in [0.2, 0.25) is 0 Å². The second kappa shape index (κ2) is 4.70. The van der Waals surface area contributed by atoms with Crippen molar-refractivity contribution >= 4 is 10.8 Å². The number of halogens is 4. The van der Waals surface area contributed by atoms with E-state index in [0.717, 1.165) is 17.7 Å². The Hall–Kier alpha value is -1.62. The minimum absolute atomic E-state index is 0.0743. The molecule has 0 amide bonds. The Morgan fingerprint density at radius 3 is 2.33 bits per heavy atom. The lowest BCUT2D eigenvalue weighted by Gasteiger charge is -2.41. The van der Waals surface area contributed by atoms with E-state index in [1.165, 1.54) is 12.1 Å². The van der Waals surface area contributed by atoms with Gasteiger partial charge in [0.15, 0.2) is 6.10 Å². The lowest BCUT2D eigenvalue weighted by Crippen LogP contribution is -2.55. The third-order valence-corrected chi connectivity index (χ3v) is 3.98. The molecule has 1 nitrogen and oxygen atoms in total. The van der Waals surface area contributed by atoms with Gasteiger partial charge < -0.3 is 4.74 Å². The second-order valence-corrected chi connectivity index (χ2v) is 5.47. The fourth-order valence-electron chi connectivity index (χ4n) is 2.63. The van der Waals surface area contributed by atoms with Crippen LogP contribution in [0.3, 0.4) is 0 Å². The molecule has 1 aliphatic heterocycles. The number of alkyl halides is 4. The van der Waals surface area contributed by atoms with Crippen molar-refractivity contribution in [1.82, 2.24) is 0 Å². The molecule has 0 radical (unpaired) electrons. The van der Waals surface area contributed by atoms with Crippen molar-refractivity contribution in [3.8, 4) is 0 Å². The molecule has 0 spiro atoms. The molecule has 5 heteroatoms. The molecule has 21 heavy (non-hydrogen) atoms. The maximum absolute atomic E-state index is 14.1. The summed E-state index contributed by atoms with van der Waals surface area (Å²) in [7, 11) is 0. The molecule has 2 atom stereocenters. The summed E-state index contributed by atoms with van der Waals surface area (Å²) in [6, 6.07) is 11.7. The summed E-state index contributed by atoms with van der Waals surface area (Å²) < 4.78 is 60.9. The lowest BCUT2D eigenvalue weighted by molar-refractivity contribution is -0.322. The SMILES string of the molecule is C[C@H]1CO[C@H](c2ccc3ccccc3c2)C(F)(F)C1(F)F. The number of ether oxygens (including phenoxy) is 1. The first-order valence-corrected chi connectivity index (χ1v) is 6.70. The Bertz CT molecular complexity index is 668. The summed E-state index contributed by atoms with van der Waals surface area (Å²) in [6.45, 7) is 0.685. The summed E-state index contributed by atoms with van der Waals surface area (Å²) >= 11 is 0. The van der Waals surface area contributed by atoms with Gasteiger partial charge in [0, 0.05) is 5.92 Å². The van der Waals surface area contributed by atoms with Gasteiger partial charge in [-0.2, -0.15) is 17.6 Å². The Morgan fingerprint density at radius 2 is 1.62 bits per heavy atom. The highest BCUT2D eigenvalue weighted by Gasteiger charge is 2.67. The molecule has 1 aliphatic rings. The molecule has 0 bridgehead atoms. The first kappa shape index (κ1) is 14.3. The van der Waals surface area contributed by atoms with Gasteiger partial charge in [0.1, 0.15) is 0 Å². The van der Waals surface area contributed by atoms with Gasteiger partial charge in [-0.3, -0.25) is 0 Å². The van der Waals surface area contributed by atoms with Crippen molar-refractivity contribution in [2.75, 3.05) is 6.61 Å². The molecule has 1 saturated heterocycles. The topological polar surface area (TPSA) is 9.23 Å². The largest absolute Gasteiger partial charge is 0.366 e. The van der Waals surface area contributed by atoms with Gasteiger partial charge in [-0.05, 0) is 22.4 Å². The summed E-state index contributed by atoms with van der Waals surface area (Å²) in [5.41, 5.74) is 0.0743. The van der Waals surface area contributed by atoms with E-state index < -0.39 is 23.9 Å². The second-order valence-electron chi connectivity index (χ2n) is 5.47. The van der Waals surface area contributed by atoms with Gasteiger partial charge in [0.05, 0.1) is 6.61 Å². The van der Waals surface area contributed by atoms with E-state index in [-0.39, 0.29) is 12.2 Å². The summed E-state index contributed by atoms with van der Waals surface area (Å²) in [6.07, 6.45) is -1.92. The molecular weight excluding hydrogens is 284 g/mol. The van der Waals surface area contributed by atoms with Gasteiger partial charge in [-0.15, -0.1) is 0 Å². The molecule has 0 unspecified atom stereocenters. The number of rotatable bonds is 1. The van der Waals surface area contributed by atoms with Crippen LogP contribution in [0.5, 0.6) is 0 Å². The Morgan fingerprint density at radius 1 is 0.952 bits per heavy atom. The zero-order chi connectivity index (χ0) is 15.3. The van der Waals surface area contributed by atoms with Crippen LogP contribution < -0.4 is 0 Å². The molecule has 2 aromatic carbocycles. The molecule has 0 saturated carbocycles. The van der Waals surface area contributed by atoms with Gasteiger partial charge >= 0.3 is 11.8 Å². The van der Waals surface area contributed by atoms with Gasteiger partial charge in [-0.1, -0.05) is 43.3 Å². The van der Waals surface area contributed by atoms with Crippen LogP contribution in [0.25, 0.3) is 10.8 Å². The normalized spacial score (nSPS) is 27.7. The molecule has 3 rings (SSSR count). The standard InChI is InChI=1S/C16H14F4O/c1-10-9-21-14(16(19,20)15(10,17)18)13-7-6-11-4-2-3-5-12(11)8-13/h2-8,10,14H,9H2,1H3/t10-,14+/m0/s1. The number of hydrogen-bond acceptors (Lipinski definition) is 1. The average molecular weight is 298 g/mol. The highest BCUT2D eigenvalue weighted by Crippen LogP contribution is 2.52. The maximum atomic E-state index is 14.1. The Kier molecular flexibility index (Phi) is 3.20. The van der Waals surface area contributed by atoms with Crippen LogP contribution in [0.1, 0.15) is 18.6 Å². The Balaban J connectivity index is 2.05. The Labute approximate surface area is 119 Å². The highest BCUT2D eigenvalue weighted by atomic mass is 19.3. The van der Waals surface area contributed by atoms with Crippen LogP contribution in [-0.4, -0.2) is 18.5 Å². The lowest BCUT2D eigenvalue weighted by atomic mass is 9.87. The number of fused-ring (bicyclic) bond motifs is 1. The van der Waals surface area contributed by atoms with Crippen molar-refractivity contribution < 1.29 is 22.3 Å². The van der Waals surface area contributed by atoms with E-state index in [4.69, 9.17) is 4.74 Å². The fraction of sp³-hybridized carbons (Fsp3) is 0.375. The maximum Gasteiger partial charge on any atom is 0.340 e. The van der Waals surface area contributed by atoms with E-state index in [9.17, 15) is 17.6 Å².